The molecule has 13 atom stereocenters. The number of ketones is 1. The largest absolute Gasteiger partial charge is 0.479 e. The van der Waals surface area contributed by atoms with Crippen LogP contribution in [0.25, 0.3) is 0 Å². The number of esters is 3. The van der Waals surface area contributed by atoms with Gasteiger partial charge in [-0.1, -0.05) is 186 Å². The second kappa shape index (κ2) is 59.3. The number of primary amides is 1. The number of allylic oxidation sites excluding steroid dienone is 1. The first-order valence-corrected chi connectivity index (χ1v) is 47.4. The van der Waals surface area contributed by atoms with Gasteiger partial charge in [0.2, 0.25) is 35.4 Å². The molecule has 706 valence electrons. The molecular weight excluding hydrogens is 1670 g/mol. The van der Waals surface area contributed by atoms with Gasteiger partial charge in [-0.3, -0.25) is 56.9 Å². The maximum absolute atomic E-state index is 14.2. The Labute approximate surface area is 742 Å². The lowest BCUT2D eigenvalue weighted by molar-refractivity contribution is -0.155. The molecule has 1 aliphatic heterocycles. The zero-order chi connectivity index (χ0) is 94.1. The fourth-order valence-electron chi connectivity index (χ4n) is 13.3. The molecule has 0 fully saturated rings. The summed E-state index contributed by atoms with van der Waals surface area (Å²) in [6.45, 7) is 24.2. The normalized spacial score (nSPS) is 20.8. The van der Waals surface area contributed by atoms with Crippen molar-refractivity contribution in [1.82, 2.24) is 62.4 Å². The monoisotopic (exact) mass is 1810 g/mol. The van der Waals surface area contributed by atoms with Gasteiger partial charge in [0.25, 0.3) is 5.91 Å². The highest BCUT2D eigenvalue weighted by Gasteiger charge is 2.39. The Balaban J connectivity index is 0.0000203. The van der Waals surface area contributed by atoms with Crippen molar-refractivity contribution in [3.8, 4) is 0 Å². The van der Waals surface area contributed by atoms with Gasteiger partial charge in [0.15, 0.2) is 11.9 Å². The molecule has 0 saturated carbocycles. The number of aromatic nitrogens is 3. The Morgan fingerprint density at radius 1 is 0.730 bits per heavy atom. The van der Waals surface area contributed by atoms with Crippen molar-refractivity contribution in [2.45, 2.75) is 306 Å². The van der Waals surface area contributed by atoms with Crippen LogP contribution in [0.1, 0.15) is 242 Å². The maximum Gasteiger partial charge on any atom is 0.479 e. The SMILES string of the molecule is C/C=C(\C)[C@H]1OC(=O)[C@@H](C)NC(=O)[C@H](C(C)CC)NC(=O)CN(C)C(=O)[C@@H](Cc2ccccc2)NC(=O)[C@H](C)NC(=O)[C@@H](CC(C)C)OC(=O)/C(C)=C/C[C@H](OC(=O)NCCCCCCCCP(=O)(O)OP(=O)(O)OCCCCCCC(=O)OCc2ccc(CC(=O)[C@@H](CCCNC(N)=O)NC(=O)[C@H](NC(=O)CCCCCn3ccnn3)C(C)C)cc2)[C@@H]1C.CC. The molecule has 1 aliphatic rings. The van der Waals surface area contributed by atoms with E-state index in [1.54, 1.807) is 119 Å². The number of hydrogen-bond donors (Lipinski definition) is 11. The fraction of sp³-hybridized carbons (Fsp3) is 0.648. The number of likely N-dealkylation sites (N-methyl/N-ethyl adjacent to an activating group) is 1. The number of nitrogens with two attached hydrogens (primary N) is 1. The van der Waals surface area contributed by atoms with E-state index in [0.717, 1.165) is 17.7 Å². The lowest BCUT2D eigenvalue weighted by Crippen LogP contribution is -2.57. The zero-order valence-electron chi connectivity index (χ0n) is 76.2. The Morgan fingerprint density at radius 2 is 1.36 bits per heavy atom. The molecule has 0 radical (unpaired) electrons. The highest BCUT2D eigenvalue weighted by molar-refractivity contribution is 7.64. The molecule has 126 heavy (non-hydrogen) atoms. The van der Waals surface area contributed by atoms with Crippen LogP contribution in [0.2, 0.25) is 0 Å². The van der Waals surface area contributed by atoms with Gasteiger partial charge in [-0.2, -0.15) is 0 Å². The number of aryl methyl sites for hydroxylation is 1. The summed E-state index contributed by atoms with van der Waals surface area (Å²) in [6, 6.07) is 8.11. The van der Waals surface area contributed by atoms with E-state index in [9.17, 15) is 81.2 Å². The van der Waals surface area contributed by atoms with E-state index < -0.39 is 160 Å². The van der Waals surface area contributed by atoms with Crippen molar-refractivity contribution in [1.29, 1.82) is 0 Å². The summed E-state index contributed by atoms with van der Waals surface area (Å²) in [6.07, 6.45) is 9.57. The summed E-state index contributed by atoms with van der Waals surface area (Å²) < 4.78 is 60.5. The van der Waals surface area contributed by atoms with Gasteiger partial charge in [-0.15, -0.1) is 5.10 Å². The summed E-state index contributed by atoms with van der Waals surface area (Å²) in [5, 5.41) is 29.3. The number of cyclic esters (lactones) is 2. The summed E-state index contributed by atoms with van der Waals surface area (Å²) >= 11 is 0. The van der Waals surface area contributed by atoms with Gasteiger partial charge in [0.1, 0.15) is 49.0 Å². The molecule has 0 spiro atoms. The van der Waals surface area contributed by atoms with E-state index in [0.29, 0.717) is 99.4 Å². The number of urea groups is 1. The Hall–Kier alpha value is -9.73. The number of Topliss-reactive ketones (excluding diaryl/α,β-unsaturated/α-hetero) is 1. The van der Waals surface area contributed by atoms with Gasteiger partial charge in [0.05, 0.1) is 31.6 Å². The number of alkyl carbamates (subject to hydrolysis) is 1. The van der Waals surface area contributed by atoms with Crippen LogP contribution in [-0.4, -0.2) is 201 Å². The van der Waals surface area contributed by atoms with Crippen molar-refractivity contribution >= 4 is 92.6 Å². The van der Waals surface area contributed by atoms with E-state index in [2.05, 4.69) is 52.8 Å². The molecule has 2 heterocycles. The van der Waals surface area contributed by atoms with Crippen LogP contribution >= 0.6 is 15.4 Å². The van der Waals surface area contributed by atoms with E-state index in [-0.39, 0.29) is 113 Å². The Kier molecular flexibility index (Phi) is 52.0. The van der Waals surface area contributed by atoms with Crippen molar-refractivity contribution in [3.63, 3.8) is 0 Å². The van der Waals surface area contributed by atoms with Crippen LogP contribution in [0, 0.1) is 23.7 Å². The molecule has 36 nitrogen and oxygen atoms in total. The number of unbranched alkanes of at least 4 members (excludes halogenated alkanes) is 10. The summed E-state index contributed by atoms with van der Waals surface area (Å²) in [4.78, 5) is 198. The lowest BCUT2D eigenvalue weighted by atomic mass is 9.90. The lowest BCUT2D eigenvalue weighted by Gasteiger charge is -2.32. The van der Waals surface area contributed by atoms with Crippen molar-refractivity contribution < 1.29 is 109 Å². The minimum absolute atomic E-state index is 0.000773. The molecule has 0 aliphatic carbocycles. The number of nitrogens with zero attached hydrogens (tertiary/aromatic N) is 4. The predicted molar refractivity (Wildman–Crippen MR) is 473 cm³/mol. The summed E-state index contributed by atoms with van der Waals surface area (Å²) in [5.41, 5.74) is 7.75. The molecule has 4 rings (SSSR count). The number of rotatable bonds is 46. The van der Waals surface area contributed by atoms with Crippen LogP contribution in [0.5, 0.6) is 0 Å². The third-order valence-corrected chi connectivity index (χ3v) is 24.2. The number of ether oxygens (including phenoxy) is 4. The molecule has 3 unspecified atom stereocenters. The number of phosphoric ester groups is 1. The predicted octanol–water partition coefficient (Wildman–Crippen LogP) is 10.0. The number of carbonyl (C=O) groups excluding carboxylic acids is 13. The third-order valence-electron chi connectivity index (χ3n) is 21.0. The molecule has 1 aromatic heterocycles. The average Bonchev–Trinajstić information content (AvgIpc) is 1.05. The molecule has 12 N–H and O–H groups in total. The van der Waals surface area contributed by atoms with E-state index >= 15 is 0 Å². The first kappa shape index (κ1) is 110. The van der Waals surface area contributed by atoms with E-state index in [1.165, 1.54) is 33.9 Å². The van der Waals surface area contributed by atoms with Crippen molar-refractivity contribution in [2.24, 2.45) is 29.4 Å². The second-order valence-electron chi connectivity index (χ2n) is 32.5. The van der Waals surface area contributed by atoms with E-state index in [4.69, 9.17) is 33.5 Å². The van der Waals surface area contributed by atoms with E-state index in [1.807, 2.05) is 34.6 Å². The molecule has 2 aromatic carbocycles. The van der Waals surface area contributed by atoms with Crippen LogP contribution < -0.4 is 48.3 Å². The quantitative estimate of drug-likeness (QED) is 0.00823. The number of hydrogen-bond acceptors (Lipinski definition) is 23. The Bertz CT molecular complexity index is 4080. The average molecular weight is 1810 g/mol. The minimum Gasteiger partial charge on any atom is -0.461 e. The highest BCUT2D eigenvalue weighted by Crippen LogP contribution is 2.60. The van der Waals surface area contributed by atoms with Crippen LogP contribution in [-0.2, 0) is 116 Å². The first-order chi connectivity index (χ1) is 59.7. The molecule has 3 aromatic rings. The zero-order valence-corrected chi connectivity index (χ0v) is 78.0. The first-order valence-electron chi connectivity index (χ1n) is 44.1. The maximum atomic E-state index is 14.2. The number of amides is 10. The van der Waals surface area contributed by atoms with Crippen LogP contribution in [0.4, 0.5) is 9.59 Å². The minimum atomic E-state index is -4.93. The van der Waals surface area contributed by atoms with Crippen molar-refractivity contribution in [2.75, 3.05) is 39.5 Å². The van der Waals surface area contributed by atoms with Gasteiger partial charge < -0.3 is 81.9 Å². The van der Waals surface area contributed by atoms with Gasteiger partial charge in [-0.05, 0) is 132 Å². The number of benzene rings is 2. The van der Waals surface area contributed by atoms with Crippen molar-refractivity contribution in [3.05, 3.63) is 107 Å². The number of phosphoric acid groups is 1. The number of nitrogens with one attached hydrogen (secondary N) is 8. The number of carbonyl (C=O) groups is 13. The Morgan fingerprint density at radius 3 is 2.00 bits per heavy atom. The third kappa shape index (κ3) is 44.1. The summed E-state index contributed by atoms with van der Waals surface area (Å²) in [5.74, 6) is -8.76. The smallest absolute Gasteiger partial charge is 0.461 e. The fourth-order valence-corrected chi connectivity index (χ4v) is 16.1. The molecule has 38 heteroatoms. The molecular formula is C88H141N13O23P2. The second-order valence-corrected chi connectivity index (χ2v) is 36.1. The topological polar surface area (TPSA) is 508 Å². The molecule has 10 amide bonds. The van der Waals surface area contributed by atoms with Crippen LogP contribution in [0.3, 0.4) is 0 Å². The van der Waals surface area contributed by atoms with Gasteiger partial charge >= 0.3 is 45.5 Å². The highest BCUT2D eigenvalue weighted by atomic mass is 31.3. The van der Waals surface area contributed by atoms with Gasteiger partial charge in [-0.25, -0.2) is 28.1 Å². The standard InChI is InChI=1S/C86H135N13O23P2.C2H6/c1-14-58(7)76-81(107)92-63(12)84(110)121-77(59(8)15-2)61(10)70(43-38-60(9)83(109)119-71(51-56(3)4)79(105)91-62(11)78(104)94-68(52-64-33-24-22-25-34-64)82(108)98(13)54-73(102)96-76)120-86(112)89-44-28-19-16-17-21-31-50-123(113,114)122-124(115,116)118-49-30-20-18-27-37-74(103)117-55-66-41-39-65(40-42-66)53-69(100)67(35-32-45-88-85(87)111)93-80(106)75(57(5)6)95-72(101)36-26-23-29-47-99-48-46-90-97-99;1-2/h15,22,24-25,33-34,38-42,46,48,56-58,61-63,67-68,70-71,75-77H,14,16-21,23,26-32,35-37,43-45,47,49-55H2,1-13H3,(H,89,112)(H,91,105)(H,92,107)(H,93,106)(H,94,104)(H,95,101)(H,96,102)(H,113,114)(H,115,116)(H3,87,88,111);1-2H3/b59-15+,60-38+;/t58?,61-,62-,63+,67+,68+,70-,71+,75+,76-,77+;/m0./s1. The molecule has 0 bridgehead atoms. The molecule has 0 saturated heterocycles. The summed E-state index contributed by atoms with van der Waals surface area (Å²) in [7, 11) is -8.14. The van der Waals surface area contributed by atoms with Crippen LogP contribution in [0.15, 0.2) is 90.3 Å². The van der Waals surface area contributed by atoms with Gasteiger partial charge in [0, 0.05) is 76.5 Å².